The van der Waals surface area contributed by atoms with Gasteiger partial charge in [0.1, 0.15) is 17.4 Å². The molecule has 1 aliphatic heterocycles. The lowest BCUT2D eigenvalue weighted by atomic mass is 10.0. The summed E-state index contributed by atoms with van der Waals surface area (Å²) in [6, 6.07) is 5.85. The van der Waals surface area contributed by atoms with E-state index in [1.54, 1.807) is 58.9 Å². The summed E-state index contributed by atoms with van der Waals surface area (Å²) in [4.78, 5) is 25.7. The molecule has 0 saturated carbocycles. The average Bonchev–Trinajstić information content (AvgIpc) is 2.69. The van der Waals surface area contributed by atoms with E-state index < -0.39 is 35.5 Å². The number of aliphatic carboxylic acids is 1. The van der Waals surface area contributed by atoms with Crippen LogP contribution < -0.4 is 0 Å². The Morgan fingerprint density at radius 1 is 1.25 bits per heavy atom. The van der Waals surface area contributed by atoms with Gasteiger partial charge < -0.3 is 14.6 Å². The van der Waals surface area contributed by atoms with E-state index in [2.05, 4.69) is 0 Å². The summed E-state index contributed by atoms with van der Waals surface area (Å²) in [5.41, 5.74) is -1.22. The van der Waals surface area contributed by atoms with Crippen LogP contribution in [0.4, 0.5) is 4.79 Å². The van der Waals surface area contributed by atoms with Gasteiger partial charge in [-0.3, -0.25) is 4.90 Å². The molecule has 7 heteroatoms. The quantitative estimate of drug-likeness (QED) is 0.872. The second-order valence-corrected chi connectivity index (χ2v) is 7.61. The molecule has 1 aromatic rings. The van der Waals surface area contributed by atoms with Crippen molar-refractivity contribution in [3.8, 4) is 0 Å². The first-order valence-corrected chi connectivity index (χ1v) is 7.98. The molecular weight excluding hydrogens is 334 g/mol. The van der Waals surface area contributed by atoms with E-state index in [1.807, 2.05) is 0 Å². The fraction of sp³-hybridized carbons (Fsp3) is 0.529. The van der Waals surface area contributed by atoms with Crippen molar-refractivity contribution >= 4 is 23.7 Å². The van der Waals surface area contributed by atoms with Crippen LogP contribution in [-0.4, -0.2) is 39.5 Å². The molecule has 1 aliphatic rings. The van der Waals surface area contributed by atoms with Gasteiger partial charge in [-0.1, -0.05) is 23.7 Å². The minimum absolute atomic E-state index is 0.521. The maximum Gasteiger partial charge on any atom is 0.413 e. The Morgan fingerprint density at radius 3 is 2.25 bits per heavy atom. The van der Waals surface area contributed by atoms with Crippen molar-refractivity contribution in [3.63, 3.8) is 0 Å². The first kappa shape index (κ1) is 18.5. The van der Waals surface area contributed by atoms with Gasteiger partial charge >= 0.3 is 12.1 Å². The average molecular weight is 356 g/mol. The molecule has 0 spiro atoms. The highest BCUT2D eigenvalue weighted by molar-refractivity contribution is 6.30. The molecule has 1 saturated heterocycles. The van der Waals surface area contributed by atoms with Gasteiger partial charge in [-0.25, -0.2) is 9.59 Å². The van der Waals surface area contributed by atoms with Gasteiger partial charge in [0.05, 0.1) is 0 Å². The Kier molecular flexibility index (Phi) is 4.84. The van der Waals surface area contributed by atoms with Crippen molar-refractivity contribution in [1.29, 1.82) is 0 Å². The number of rotatable bonds is 2. The normalized spacial score (nSPS) is 23.2. The molecule has 0 aromatic heterocycles. The van der Waals surface area contributed by atoms with Gasteiger partial charge in [-0.05, 0) is 52.3 Å². The van der Waals surface area contributed by atoms with Gasteiger partial charge in [0.2, 0.25) is 0 Å². The lowest BCUT2D eigenvalue weighted by Gasteiger charge is -2.35. The zero-order chi connectivity index (χ0) is 18.3. The van der Waals surface area contributed by atoms with Crippen LogP contribution in [-0.2, 0) is 14.3 Å². The predicted molar refractivity (Wildman–Crippen MR) is 88.9 cm³/mol. The van der Waals surface area contributed by atoms with E-state index in [9.17, 15) is 14.7 Å². The lowest BCUT2D eigenvalue weighted by molar-refractivity contribution is -0.155. The van der Waals surface area contributed by atoms with Crippen molar-refractivity contribution < 1.29 is 24.2 Å². The van der Waals surface area contributed by atoms with E-state index in [0.29, 0.717) is 10.6 Å². The molecule has 1 N–H and O–H groups in total. The summed E-state index contributed by atoms with van der Waals surface area (Å²) < 4.78 is 11.1. The molecule has 0 unspecified atom stereocenters. The van der Waals surface area contributed by atoms with Crippen molar-refractivity contribution in [2.24, 2.45) is 0 Å². The lowest BCUT2D eigenvalue weighted by Crippen LogP contribution is -2.47. The molecule has 1 aromatic carbocycles. The van der Waals surface area contributed by atoms with Crippen LogP contribution in [0.15, 0.2) is 24.3 Å². The molecule has 1 heterocycles. The van der Waals surface area contributed by atoms with Crippen LogP contribution in [0.3, 0.4) is 0 Å². The van der Waals surface area contributed by atoms with Crippen molar-refractivity contribution in [2.75, 3.05) is 0 Å². The molecule has 0 bridgehead atoms. The maximum absolute atomic E-state index is 12.7. The number of nitrogens with zero attached hydrogens (tertiary/aromatic N) is 1. The Hall–Kier alpha value is -1.79. The van der Waals surface area contributed by atoms with Crippen LogP contribution in [0, 0.1) is 0 Å². The second-order valence-electron chi connectivity index (χ2n) is 7.17. The van der Waals surface area contributed by atoms with Crippen LogP contribution >= 0.6 is 11.6 Å². The molecule has 132 valence electrons. The summed E-state index contributed by atoms with van der Waals surface area (Å²) >= 11 is 5.91. The Labute approximate surface area is 146 Å². The molecule has 0 aliphatic carbocycles. The number of hydrogen-bond acceptors (Lipinski definition) is 4. The highest BCUT2D eigenvalue weighted by atomic mass is 35.5. The van der Waals surface area contributed by atoms with Gasteiger partial charge in [0.15, 0.2) is 6.10 Å². The summed E-state index contributed by atoms with van der Waals surface area (Å²) in [7, 11) is 0. The van der Waals surface area contributed by atoms with Crippen molar-refractivity contribution in [1.82, 2.24) is 4.90 Å². The molecule has 1 fully saturated rings. The number of benzene rings is 1. The smallest absolute Gasteiger partial charge is 0.413 e. The van der Waals surface area contributed by atoms with Crippen LogP contribution in [0.2, 0.25) is 5.02 Å². The number of carbonyl (C=O) groups is 2. The number of amides is 1. The third-order valence-corrected chi connectivity index (χ3v) is 3.86. The Morgan fingerprint density at radius 2 is 1.79 bits per heavy atom. The maximum atomic E-state index is 12.7. The molecule has 2 rings (SSSR count). The summed E-state index contributed by atoms with van der Waals surface area (Å²) in [6.45, 7) is 8.54. The number of hydrogen-bond donors (Lipinski definition) is 1. The molecule has 1 amide bonds. The minimum atomic E-state index is -1.20. The van der Waals surface area contributed by atoms with Gasteiger partial charge in [-0.15, -0.1) is 0 Å². The topological polar surface area (TPSA) is 76.1 Å². The molecule has 24 heavy (non-hydrogen) atoms. The van der Waals surface area contributed by atoms with Crippen LogP contribution in [0.1, 0.15) is 46.2 Å². The first-order chi connectivity index (χ1) is 10.9. The zero-order valence-corrected chi connectivity index (χ0v) is 15.1. The van der Waals surface area contributed by atoms with Crippen molar-refractivity contribution in [3.05, 3.63) is 34.9 Å². The monoisotopic (exact) mass is 355 g/mol. The minimum Gasteiger partial charge on any atom is -0.479 e. The SMILES string of the molecule is CC(C)(C)OC(=O)N1[C@@H](c2ccc(Cl)cc2)[C@H](C(=O)O)OC1(C)C. The van der Waals surface area contributed by atoms with E-state index in [0.717, 1.165) is 0 Å². The molecule has 6 nitrogen and oxygen atoms in total. The highest BCUT2D eigenvalue weighted by Crippen LogP contribution is 2.42. The van der Waals surface area contributed by atoms with Crippen LogP contribution in [0.5, 0.6) is 0 Å². The Balaban J connectivity index is 2.47. The fourth-order valence-corrected chi connectivity index (χ4v) is 2.84. The number of ether oxygens (including phenoxy) is 2. The van der Waals surface area contributed by atoms with E-state index in [4.69, 9.17) is 21.1 Å². The van der Waals surface area contributed by atoms with E-state index in [1.165, 1.54) is 4.90 Å². The number of carboxylic acid groups (broad SMARTS) is 1. The van der Waals surface area contributed by atoms with Gasteiger partial charge in [-0.2, -0.15) is 0 Å². The van der Waals surface area contributed by atoms with E-state index in [-0.39, 0.29) is 0 Å². The molecule has 0 radical (unpaired) electrons. The summed E-state index contributed by atoms with van der Waals surface area (Å²) in [6.07, 6.45) is -1.83. The molecular formula is C17H22ClNO5. The first-order valence-electron chi connectivity index (χ1n) is 7.61. The number of halogens is 1. The molecule has 2 atom stereocenters. The third-order valence-electron chi connectivity index (χ3n) is 3.61. The third kappa shape index (κ3) is 3.82. The fourth-order valence-electron chi connectivity index (χ4n) is 2.72. The Bertz CT molecular complexity index is 635. The van der Waals surface area contributed by atoms with E-state index >= 15 is 0 Å². The largest absolute Gasteiger partial charge is 0.479 e. The van der Waals surface area contributed by atoms with Gasteiger partial charge in [0, 0.05) is 5.02 Å². The summed E-state index contributed by atoms with van der Waals surface area (Å²) in [5.74, 6) is -1.14. The second kappa shape index (κ2) is 6.26. The standard InChI is InChI=1S/C17H22ClNO5/c1-16(2,3)24-15(22)19-12(10-6-8-11(18)9-7-10)13(14(20)21)23-17(19,4)5/h6-9,12-13H,1-5H3,(H,20,21)/t12-,13+/m0/s1. The number of carbonyl (C=O) groups excluding carboxylic acids is 1. The van der Waals surface area contributed by atoms with Crippen LogP contribution in [0.25, 0.3) is 0 Å². The predicted octanol–water partition coefficient (Wildman–Crippen LogP) is 3.84. The van der Waals surface area contributed by atoms with Gasteiger partial charge in [0.25, 0.3) is 0 Å². The number of carboxylic acids is 1. The highest BCUT2D eigenvalue weighted by Gasteiger charge is 2.54. The zero-order valence-electron chi connectivity index (χ0n) is 14.4. The van der Waals surface area contributed by atoms with Crippen molar-refractivity contribution in [2.45, 2.75) is 58.1 Å². The summed E-state index contributed by atoms with van der Waals surface area (Å²) in [5, 5.41) is 10.1.